The van der Waals surface area contributed by atoms with Crippen LogP contribution in [0.4, 0.5) is 0 Å². The Labute approximate surface area is 144 Å². The van der Waals surface area contributed by atoms with Crippen LogP contribution in [0.5, 0.6) is 0 Å². The average molecular weight is 322 g/mol. The smallest absolute Gasteiger partial charge is 0.244 e. The monoisotopic (exact) mass is 322 g/mol. The number of hydrogen-bond acceptors (Lipinski definition) is 2. The molecule has 0 saturated heterocycles. The Morgan fingerprint density at radius 3 is 2.38 bits per heavy atom. The first kappa shape index (κ1) is 16.7. The number of likely N-dealkylation sites (N-methyl/N-ethyl adjacent to an activating group) is 1. The molecule has 2 aromatic rings. The largest absolute Gasteiger partial charge is 0.341 e. The summed E-state index contributed by atoms with van der Waals surface area (Å²) in [6.07, 6.45) is 4.46. The molecule has 1 amide bonds. The fourth-order valence-electron chi connectivity index (χ4n) is 3.87. The highest BCUT2D eigenvalue weighted by molar-refractivity contribution is 5.83. The number of carbonyl (C=O) groups is 1. The molecule has 0 bridgehead atoms. The highest BCUT2D eigenvalue weighted by Crippen LogP contribution is 2.33. The van der Waals surface area contributed by atoms with Crippen LogP contribution in [-0.4, -0.2) is 23.9 Å². The lowest BCUT2D eigenvalue weighted by Crippen LogP contribution is -2.44. The quantitative estimate of drug-likeness (QED) is 0.915. The molecule has 3 nitrogen and oxygen atoms in total. The molecule has 0 radical (unpaired) electrons. The zero-order valence-electron chi connectivity index (χ0n) is 14.3. The molecule has 1 aliphatic rings. The highest BCUT2D eigenvalue weighted by atomic mass is 16.2. The minimum atomic E-state index is -0.575. The molecule has 2 aromatic carbocycles. The van der Waals surface area contributed by atoms with Gasteiger partial charge in [-0.3, -0.25) is 4.79 Å². The van der Waals surface area contributed by atoms with E-state index < -0.39 is 6.04 Å². The van der Waals surface area contributed by atoms with Crippen LogP contribution in [0.3, 0.4) is 0 Å². The minimum Gasteiger partial charge on any atom is -0.341 e. The fourth-order valence-corrected chi connectivity index (χ4v) is 3.87. The van der Waals surface area contributed by atoms with E-state index in [1.807, 2.05) is 48.3 Å². The van der Waals surface area contributed by atoms with Gasteiger partial charge in [-0.2, -0.15) is 0 Å². The number of carbonyl (C=O) groups excluding carboxylic acids is 1. The van der Waals surface area contributed by atoms with Crippen molar-refractivity contribution in [3.63, 3.8) is 0 Å². The molecule has 0 aromatic heterocycles. The van der Waals surface area contributed by atoms with Gasteiger partial charge in [-0.15, -0.1) is 0 Å². The maximum atomic E-state index is 12.8. The molecule has 0 heterocycles. The molecular weight excluding hydrogens is 296 g/mol. The minimum absolute atomic E-state index is 0.0196. The first-order chi connectivity index (χ1) is 11.7. The number of nitrogens with zero attached hydrogens (tertiary/aromatic N) is 1. The van der Waals surface area contributed by atoms with Crippen molar-refractivity contribution in [3.05, 3.63) is 71.8 Å². The molecule has 0 spiro atoms. The summed E-state index contributed by atoms with van der Waals surface area (Å²) >= 11 is 0. The van der Waals surface area contributed by atoms with Crippen molar-refractivity contribution in [1.82, 2.24) is 4.90 Å². The second-order valence-electron chi connectivity index (χ2n) is 6.79. The molecule has 0 aliphatic heterocycles. The van der Waals surface area contributed by atoms with E-state index in [2.05, 4.69) is 24.3 Å². The van der Waals surface area contributed by atoms with Gasteiger partial charge < -0.3 is 10.6 Å². The van der Waals surface area contributed by atoms with E-state index in [0.717, 1.165) is 18.4 Å². The van der Waals surface area contributed by atoms with Crippen LogP contribution < -0.4 is 5.73 Å². The number of amides is 1. The lowest BCUT2D eigenvalue weighted by atomic mass is 9.93. The summed E-state index contributed by atoms with van der Waals surface area (Å²) in [5, 5.41) is 0. The Balaban J connectivity index is 1.68. The SMILES string of the molecule is CN(C(=O)[C@H](N)c1ccccc1)[C@H]1CCC[C@@H]1Cc1ccccc1. The van der Waals surface area contributed by atoms with E-state index in [9.17, 15) is 4.79 Å². The lowest BCUT2D eigenvalue weighted by molar-refractivity contribution is -0.134. The molecule has 126 valence electrons. The summed E-state index contributed by atoms with van der Waals surface area (Å²) in [7, 11) is 1.92. The number of benzene rings is 2. The third-order valence-electron chi connectivity index (χ3n) is 5.23. The second-order valence-corrected chi connectivity index (χ2v) is 6.79. The predicted molar refractivity (Wildman–Crippen MR) is 97.4 cm³/mol. The third-order valence-corrected chi connectivity index (χ3v) is 5.23. The van der Waals surface area contributed by atoms with Crippen LogP contribution in [0.2, 0.25) is 0 Å². The van der Waals surface area contributed by atoms with Gasteiger partial charge in [0, 0.05) is 13.1 Å². The maximum Gasteiger partial charge on any atom is 0.244 e. The van der Waals surface area contributed by atoms with E-state index in [4.69, 9.17) is 5.73 Å². The van der Waals surface area contributed by atoms with E-state index in [0.29, 0.717) is 5.92 Å². The molecule has 1 aliphatic carbocycles. The van der Waals surface area contributed by atoms with Crippen LogP contribution >= 0.6 is 0 Å². The van der Waals surface area contributed by atoms with Crippen molar-refractivity contribution in [1.29, 1.82) is 0 Å². The van der Waals surface area contributed by atoms with Gasteiger partial charge in [-0.1, -0.05) is 67.1 Å². The van der Waals surface area contributed by atoms with Crippen molar-refractivity contribution < 1.29 is 4.79 Å². The van der Waals surface area contributed by atoms with E-state index in [1.54, 1.807) is 0 Å². The third kappa shape index (κ3) is 3.68. The summed E-state index contributed by atoms with van der Waals surface area (Å²) in [6, 6.07) is 19.9. The normalized spacial score (nSPS) is 21.4. The summed E-state index contributed by atoms with van der Waals surface area (Å²) < 4.78 is 0. The summed E-state index contributed by atoms with van der Waals surface area (Å²) in [4.78, 5) is 14.7. The van der Waals surface area contributed by atoms with Gasteiger partial charge in [0.2, 0.25) is 5.91 Å². The Bertz CT molecular complexity index is 656. The molecule has 1 fully saturated rings. The lowest BCUT2D eigenvalue weighted by Gasteiger charge is -2.32. The number of nitrogens with two attached hydrogens (primary N) is 1. The molecule has 2 N–H and O–H groups in total. The van der Waals surface area contributed by atoms with Crippen molar-refractivity contribution in [2.75, 3.05) is 7.05 Å². The Morgan fingerprint density at radius 1 is 1.08 bits per heavy atom. The van der Waals surface area contributed by atoms with Gasteiger partial charge in [-0.05, 0) is 36.3 Å². The molecule has 3 atom stereocenters. The topological polar surface area (TPSA) is 46.3 Å². The second kappa shape index (κ2) is 7.63. The van der Waals surface area contributed by atoms with Gasteiger partial charge in [0.15, 0.2) is 0 Å². The summed E-state index contributed by atoms with van der Waals surface area (Å²) in [5.74, 6) is 0.537. The van der Waals surface area contributed by atoms with Crippen LogP contribution in [0.25, 0.3) is 0 Å². The molecule has 1 saturated carbocycles. The predicted octanol–water partition coefficient (Wildman–Crippen LogP) is 3.56. The molecular formula is C21H26N2O. The summed E-state index contributed by atoms with van der Waals surface area (Å²) in [6.45, 7) is 0. The maximum absolute atomic E-state index is 12.8. The summed E-state index contributed by atoms with van der Waals surface area (Å²) in [5.41, 5.74) is 8.44. The van der Waals surface area contributed by atoms with E-state index in [-0.39, 0.29) is 11.9 Å². The number of rotatable bonds is 5. The average Bonchev–Trinajstić information content (AvgIpc) is 3.09. The molecule has 24 heavy (non-hydrogen) atoms. The highest BCUT2D eigenvalue weighted by Gasteiger charge is 2.34. The Morgan fingerprint density at radius 2 is 1.71 bits per heavy atom. The van der Waals surface area contributed by atoms with Gasteiger partial charge in [0.25, 0.3) is 0 Å². The first-order valence-electron chi connectivity index (χ1n) is 8.78. The molecule has 3 rings (SSSR count). The zero-order chi connectivity index (χ0) is 16.9. The zero-order valence-corrected chi connectivity index (χ0v) is 14.3. The Kier molecular flexibility index (Phi) is 5.31. The van der Waals surface area contributed by atoms with Crippen molar-refractivity contribution in [3.8, 4) is 0 Å². The van der Waals surface area contributed by atoms with E-state index >= 15 is 0 Å². The number of hydrogen-bond donors (Lipinski definition) is 1. The van der Waals surface area contributed by atoms with E-state index in [1.165, 1.54) is 18.4 Å². The van der Waals surface area contributed by atoms with Crippen LogP contribution in [-0.2, 0) is 11.2 Å². The standard InChI is InChI=1S/C21H26N2O/c1-23(21(24)20(22)17-11-6-3-7-12-17)19-14-8-13-18(19)15-16-9-4-2-5-10-16/h2-7,9-12,18-20H,8,13-15,22H2,1H3/t18-,19+,20-/m1/s1. The van der Waals surface area contributed by atoms with Crippen LogP contribution in [0, 0.1) is 5.92 Å². The van der Waals surface area contributed by atoms with Crippen molar-refractivity contribution in [2.24, 2.45) is 11.7 Å². The van der Waals surface area contributed by atoms with Gasteiger partial charge in [0.1, 0.15) is 6.04 Å². The van der Waals surface area contributed by atoms with Gasteiger partial charge in [-0.25, -0.2) is 0 Å². The molecule has 3 heteroatoms. The Hall–Kier alpha value is -2.13. The van der Waals surface area contributed by atoms with Crippen molar-refractivity contribution in [2.45, 2.75) is 37.8 Å². The molecule has 0 unspecified atom stereocenters. The van der Waals surface area contributed by atoms with Gasteiger partial charge in [0.05, 0.1) is 0 Å². The van der Waals surface area contributed by atoms with Gasteiger partial charge >= 0.3 is 0 Å². The van der Waals surface area contributed by atoms with Crippen LogP contribution in [0.15, 0.2) is 60.7 Å². The fraction of sp³-hybridized carbons (Fsp3) is 0.381. The first-order valence-corrected chi connectivity index (χ1v) is 8.78. The van der Waals surface area contributed by atoms with Crippen molar-refractivity contribution >= 4 is 5.91 Å². The van der Waals surface area contributed by atoms with Crippen LogP contribution in [0.1, 0.15) is 36.4 Å².